The number of esters is 1. The van der Waals surface area contributed by atoms with E-state index in [4.69, 9.17) is 4.74 Å². The third kappa shape index (κ3) is 3.29. The molecule has 1 unspecified atom stereocenters. The summed E-state index contributed by atoms with van der Waals surface area (Å²) in [6, 6.07) is 0. The normalized spacial score (nSPS) is 29.6. The van der Waals surface area contributed by atoms with Crippen LogP contribution < -0.4 is 0 Å². The Morgan fingerprint density at radius 3 is 2.36 bits per heavy atom. The zero-order valence-electron chi connectivity index (χ0n) is 9.29. The SMILES string of the molecule is COC(=O)C(C)OC1CCC(C)CC1. The second kappa shape index (κ2) is 5.35. The molecule has 14 heavy (non-hydrogen) atoms. The van der Waals surface area contributed by atoms with Crippen molar-refractivity contribution in [3.8, 4) is 0 Å². The van der Waals surface area contributed by atoms with Crippen LogP contribution in [0.4, 0.5) is 0 Å². The molecule has 0 saturated heterocycles. The molecule has 0 heterocycles. The van der Waals surface area contributed by atoms with Crippen molar-refractivity contribution >= 4 is 5.97 Å². The van der Waals surface area contributed by atoms with Crippen LogP contribution in [0.1, 0.15) is 39.5 Å². The van der Waals surface area contributed by atoms with E-state index < -0.39 is 6.10 Å². The van der Waals surface area contributed by atoms with Gasteiger partial charge in [0.1, 0.15) is 0 Å². The standard InChI is InChI=1S/C11H20O3/c1-8-4-6-10(7-5-8)14-9(2)11(12)13-3/h8-10H,4-7H2,1-3H3. The lowest BCUT2D eigenvalue weighted by atomic mass is 9.89. The topological polar surface area (TPSA) is 35.5 Å². The monoisotopic (exact) mass is 200 g/mol. The van der Waals surface area contributed by atoms with Gasteiger partial charge in [0.05, 0.1) is 13.2 Å². The summed E-state index contributed by atoms with van der Waals surface area (Å²) < 4.78 is 10.2. The summed E-state index contributed by atoms with van der Waals surface area (Å²) in [6.07, 6.45) is 4.39. The number of hydrogen-bond donors (Lipinski definition) is 0. The molecule has 0 radical (unpaired) electrons. The van der Waals surface area contributed by atoms with Crippen LogP contribution in [0.3, 0.4) is 0 Å². The van der Waals surface area contributed by atoms with Gasteiger partial charge in [-0.05, 0) is 38.5 Å². The highest BCUT2D eigenvalue weighted by Crippen LogP contribution is 2.26. The van der Waals surface area contributed by atoms with Crippen LogP contribution >= 0.6 is 0 Å². The lowest BCUT2D eigenvalue weighted by Gasteiger charge is -2.27. The number of methoxy groups -OCH3 is 1. The molecule has 1 fully saturated rings. The molecule has 1 rings (SSSR count). The second-order valence-corrected chi connectivity index (χ2v) is 4.18. The zero-order valence-corrected chi connectivity index (χ0v) is 9.29. The summed E-state index contributed by atoms with van der Waals surface area (Å²) in [7, 11) is 1.39. The lowest BCUT2D eigenvalue weighted by Crippen LogP contribution is -2.30. The minimum atomic E-state index is -0.418. The lowest BCUT2D eigenvalue weighted by molar-refractivity contribution is -0.157. The summed E-state index contributed by atoms with van der Waals surface area (Å²) >= 11 is 0. The highest BCUT2D eigenvalue weighted by atomic mass is 16.6. The quantitative estimate of drug-likeness (QED) is 0.655. The van der Waals surface area contributed by atoms with Crippen molar-refractivity contribution < 1.29 is 14.3 Å². The summed E-state index contributed by atoms with van der Waals surface area (Å²) in [5, 5.41) is 0. The Labute approximate surface area is 85.8 Å². The summed E-state index contributed by atoms with van der Waals surface area (Å²) in [4.78, 5) is 11.1. The average molecular weight is 200 g/mol. The summed E-state index contributed by atoms with van der Waals surface area (Å²) in [5.41, 5.74) is 0. The van der Waals surface area contributed by atoms with Gasteiger partial charge in [0.25, 0.3) is 0 Å². The Morgan fingerprint density at radius 1 is 1.29 bits per heavy atom. The first kappa shape index (κ1) is 11.5. The van der Waals surface area contributed by atoms with E-state index in [-0.39, 0.29) is 12.1 Å². The van der Waals surface area contributed by atoms with Crippen molar-refractivity contribution in [3.05, 3.63) is 0 Å². The predicted molar refractivity (Wildman–Crippen MR) is 54.0 cm³/mol. The van der Waals surface area contributed by atoms with E-state index in [9.17, 15) is 4.79 Å². The maximum absolute atomic E-state index is 11.1. The fourth-order valence-electron chi connectivity index (χ4n) is 1.88. The first-order valence-corrected chi connectivity index (χ1v) is 5.36. The first-order valence-electron chi connectivity index (χ1n) is 5.36. The van der Waals surface area contributed by atoms with Crippen molar-refractivity contribution in [1.82, 2.24) is 0 Å². The molecule has 0 spiro atoms. The maximum Gasteiger partial charge on any atom is 0.334 e. The minimum absolute atomic E-state index is 0.250. The van der Waals surface area contributed by atoms with Gasteiger partial charge in [0.15, 0.2) is 6.10 Å². The average Bonchev–Trinajstić information content (AvgIpc) is 2.20. The van der Waals surface area contributed by atoms with Gasteiger partial charge in [-0.2, -0.15) is 0 Å². The molecule has 1 atom stereocenters. The van der Waals surface area contributed by atoms with Gasteiger partial charge in [-0.15, -0.1) is 0 Å². The summed E-state index contributed by atoms with van der Waals surface area (Å²) in [6.45, 7) is 4.02. The largest absolute Gasteiger partial charge is 0.467 e. The molecule has 3 heteroatoms. The molecular formula is C11H20O3. The number of carbonyl (C=O) groups is 1. The van der Waals surface area contributed by atoms with Crippen LogP contribution in [0.15, 0.2) is 0 Å². The zero-order chi connectivity index (χ0) is 10.6. The van der Waals surface area contributed by atoms with Crippen LogP contribution in [0.5, 0.6) is 0 Å². The van der Waals surface area contributed by atoms with E-state index in [1.165, 1.54) is 20.0 Å². The number of ether oxygens (including phenoxy) is 2. The number of hydrogen-bond acceptors (Lipinski definition) is 3. The van der Waals surface area contributed by atoms with Gasteiger partial charge in [-0.25, -0.2) is 4.79 Å². The molecule has 0 aromatic heterocycles. The molecule has 82 valence electrons. The Hall–Kier alpha value is -0.570. The maximum atomic E-state index is 11.1. The van der Waals surface area contributed by atoms with Crippen molar-refractivity contribution in [2.45, 2.75) is 51.7 Å². The molecule has 0 amide bonds. The van der Waals surface area contributed by atoms with Crippen molar-refractivity contribution in [1.29, 1.82) is 0 Å². The van der Waals surface area contributed by atoms with Crippen LogP contribution in [0.25, 0.3) is 0 Å². The molecule has 0 aromatic rings. The third-order valence-electron chi connectivity index (χ3n) is 2.89. The minimum Gasteiger partial charge on any atom is -0.467 e. The molecule has 0 aromatic carbocycles. The number of carbonyl (C=O) groups excluding carboxylic acids is 1. The van der Waals surface area contributed by atoms with Crippen LogP contribution in [-0.2, 0) is 14.3 Å². The molecule has 0 aliphatic heterocycles. The smallest absolute Gasteiger partial charge is 0.334 e. The van der Waals surface area contributed by atoms with Gasteiger partial charge in [-0.1, -0.05) is 6.92 Å². The Bertz CT molecular complexity index is 183. The van der Waals surface area contributed by atoms with Gasteiger partial charge >= 0.3 is 5.97 Å². The van der Waals surface area contributed by atoms with Gasteiger partial charge < -0.3 is 9.47 Å². The van der Waals surface area contributed by atoms with Gasteiger partial charge in [-0.3, -0.25) is 0 Å². The van der Waals surface area contributed by atoms with E-state index in [0.29, 0.717) is 0 Å². The molecule has 1 aliphatic carbocycles. The Kier molecular flexibility index (Phi) is 4.39. The van der Waals surface area contributed by atoms with E-state index in [0.717, 1.165) is 18.8 Å². The van der Waals surface area contributed by atoms with E-state index >= 15 is 0 Å². The second-order valence-electron chi connectivity index (χ2n) is 4.18. The van der Waals surface area contributed by atoms with E-state index in [1.807, 2.05) is 0 Å². The first-order chi connectivity index (χ1) is 6.63. The highest BCUT2D eigenvalue weighted by Gasteiger charge is 2.23. The van der Waals surface area contributed by atoms with E-state index in [2.05, 4.69) is 11.7 Å². The molecule has 1 saturated carbocycles. The molecule has 1 aliphatic rings. The molecule has 0 N–H and O–H groups in total. The van der Waals surface area contributed by atoms with Crippen LogP contribution in [0.2, 0.25) is 0 Å². The van der Waals surface area contributed by atoms with Gasteiger partial charge in [0, 0.05) is 0 Å². The van der Waals surface area contributed by atoms with Crippen LogP contribution in [-0.4, -0.2) is 25.3 Å². The molecule has 3 nitrogen and oxygen atoms in total. The Balaban J connectivity index is 2.27. The fraction of sp³-hybridized carbons (Fsp3) is 0.909. The predicted octanol–water partition coefficient (Wildman–Crippen LogP) is 2.14. The molecule has 0 bridgehead atoms. The number of rotatable bonds is 3. The molecular weight excluding hydrogens is 180 g/mol. The van der Waals surface area contributed by atoms with Crippen LogP contribution in [0, 0.1) is 5.92 Å². The van der Waals surface area contributed by atoms with Crippen molar-refractivity contribution in [3.63, 3.8) is 0 Å². The third-order valence-corrected chi connectivity index (χ3v) is 2.89. The van der Waals surface area contributed by atoms with Crippen molar-refractivity contribution in [2.24, 2.45) is 5.92 Å². The van der Waals surface area contributed by atoms with Crippen molar-refractivity contribution in [2.75, 3.05) is 7.11 Å². The highest BCUT2D eigenvalue weighted by molar-refractivity contribution is 5.73. The summed E-state index contributed by atoms with van der Waals surface area (Å²) in [5.74, 6) is 0.534. The fourth-order valence-corrected chi connectivity index (χ4v) is 1.88. The van der Waals surface area contributed by atoms with E-state index in [1.54, 1.807) is 6.92 Å². The van der Waals surface area contributed by atoms with Gasteiger partial charge in [0.2, 0.25) is 0 Å². The Morgan fingerprint density at radius 2 is 1.86 bits per heavy atom.